The minimum atomic E-state index is -0.418. The van der Waals surface area contributed by atoms with E-state index >= 15 is 0 Å². The van der Waals surface area contributed by atoms with Crippen LogP contribution in [0.2, 0.25) is 0 Å². The zero-order valence-corrected chi connectivity index (χ0v) is 13.5. The number of rotatable bonds is 3. The Labute approximate surface area is 137 Å². The summed E-state index contributed by atoms with van der Waals surface area (Å²) in [6.07, 6.45) is 0.344. The quantitative estimate of drug-likeness (QED) is 0.860. The van der Waals surface area contributed by atoms with Crippen molar-refractivity contribution in [3.63, 3.8) is 0 Å². The van der Waals surface area contributed by atoms with E-state index in [0.717, 1.165) is 6.42 Å². The van der Waals surface area contributed by atoms with Crippen molar-refractivity contribution in [2.75, 3.05) is 16.8 Å². The van der Waals surface area contributed by atoms with Crippen LogP contribution < -0.4 is 10.2 Å². The van der Waals surface area contributed by atoms with Gasteiger partial charge in [-0.15, -0.1) is 12.1 Å². The third-order valence-corrected chi connectivity index (χ3v) is 2.70. The van der Waals surface area contributed by atoms with E-state index in [9.17, 15) is 9.59 Å². The zero-order chi connectivity index (χ0) is 13.1. The van der Waals surface area contributed by atoms with Crippen LogP contribution in [0, 0.1) is 13.0 Å². The third kappa shape index (κ3) is 3.95. The van der Waals surface area contributed by atoms with Crippen LogP contribution in [0.4, 0.5) is 16.2 Å². The van der Waals surface area contributed by atoms with Gasteiger partial charge in [0.05, 0.1) is 12.5 Å². The summed E-state index contributed by atoms with van der Waals surface area (Å²) in [5.74, 6) is -0.418. The van der Waals surface area contributed by atoms with E-state index in [1.165, 1.54) is 0 Å². The second-order valence-corrected chi connectivity index (χ2v) is 4.03. The predicted octanol–water partition coefficient (Wildman–Crippen LogP) is 1.99. The number of amides is 2. The summed E-state index contributed by atoms with van der Waals surface area (Å²) in [4.78, 5) is 24.1. The first-order valence-electron chi connectivity index (χ1n) is 5.73. The summed E-state index contributed by atoms with van der Waals surface area (Å²) in [5, 5.41) is 2.52. The van der Waals surface area contributed by atoms with E-state index in [0.29, 0.717) is 17.9 Å². The van der Waals surface area contributed by atoms with Gasteiger partial charge >= 0.3 is 6.09 Å². The van der Waals surface area contributed by atoms with Crippen LogP contribution in [-0.2, 0) is 42.2 Å². The van der Waals surface area contributed by atoms with Gasteiger partial charge in [-0.3, -0.25) is 4.90 Å². The molecule has 1 aliphatic heterocycles. The second-order valence-electron chi connectivity index (χ2n) is 4.03. The molecule has 19 heavy (non-hydrogen) atoms. The number of anilines is 2. The smallest absolute Gasteiger partial charge is 0.412 e. The molecular formula is C13H14N2O3Y-2. The molecule has 0 aromatic heterocycles. The summed E-state index contributed by atoms with van der Waals surface area (Å²) >= 11 is 0. The normalized spacial score (nSPS) is 17.6. The Balaban J connectivity index is 0.00000180. The molecular weight excluding hydrogens is 321 g/mol. The molecule has 1 N–H and O–H groups in total. The number of nitrogens with one attached hydrogen (secondary N) is 1. The first-order chi connectivity index (χ1) is 8.60. The monoisotopic (exact) mass is 335 g/mol. The maximum atomic E-state index is 11.7. The van der Waals surface area contributed by atoms with Crippen molar-refractivity contribution in [2.45, 2.75) is 19.4 Å². The standard InChI is InChI=1S/C13H14N2O3.Y/c1-3-12-8-15(13(17)18-12)11-6-4-5-10(7-11)14-9(2)16;/h4,6-7,12H,2-3,8H2,1H3,(H,14,16);/q-2;. The van der Waals surface area contributed by atoms with Gasteiger partial charge in [-0.2, -0.15) is 12.1 Å². The minimum Gasteiger partial charge on any atom is -0.444 e. The predicted molar refractivity (Wildman–Crippen MR) is 67.2 cm³/mol. The summed E-state index contributed by atoms with van der Waals surface area (Å²) in [6, 6.07) is 7.92. The van der Waals surface area contributed by atoms with Crippen LogP contribution >= 0.6 is 0 Å². The van der Waals surface area contributed by atoms with Gasteiger partial charge in [0, 0.05) is 32.7 Å². The molecule has 1 atom stereocenters. The fourth-order valence-electron chi connectivity index (χ4n) is 1.79. The SMILES string of the molecule is [CH2-]C(=O)Nc1[c-]ccc(N2CC(CC)OC2=O)c1.[Y]. The van der Waals surface area contributed by atoms with E-state index in [2.05, 4.69) is 18.3 Å². The third-order valence-electron chi connectivity index (χ3n) is 2.70. The summed E-state index contributed by atoms with van der Waals surface area (Å²) in [5.41, 5.74) is 1.17. The van der Waals surface area contributed by atoms with Crippen LogP contribution in [0.1, 0.15) is 13.3 Å². The summed E-state index contributed by atoms with van der Waals surface area (Å²) < 4.78 is 5.18. The Hall–Kier alpha value is -1.07. The van der Waals surface area contributed by atoms with E-state index in [1.54, 1.807) is 23.1 Å². The van der Waals surface area contributed by atoms with Gasteiger partial charge in [0.15, 0.2) is 0 Å². The molecule has 0 aliphatic carbocycles. The summed E-state index contributed by atoms with van der Waals surface area (Å²) in [7, 11) is 0. The fourth-order valence-corrected chi connectivity index (χ4v) is 1.79. The van der Waals surface area contributed by atoms with Gasteiger partial charge in [-0.25, -0.2) is 4.79 Å². The van der Waals surface area contributed by atoms with Gasteiger partial charge < -0.3 is 21.8 Å². The zero-order valence-electron chi connectivity index (χ0n) is 10.7. The van der Waals surface area contributed by atoms with Crippen molar-refractivity contribution < 1.29 is 47.0 Å². The Morgan fingerprint density at radius 3 is 3.00 bits per heavy atom. The number of nitrogens with zero attached hydrogens (tertiary/aromatic N) is 1. The Bertz CT molecular complexity index is 479. The average Bonchev–Trinajstić information content (AvgIpc) is 2.70. The van der Waals surface area contributed by atoms with E-state index in [1.807, 2.05) is 6.92 Å². The van der Waals surface area contributed by atoms with Gasteiger partial charge in [0.2, 0.25) is 0 Å². The van der Waals surface area contributed by atoms with Gasteiger partial charge in [0.25, 0.3) is 0 Å². The van der Waals surface area contributed by atoms with Crippen LogP contribution in [0.15, 0.2) is 18.2 Å². The molecule has 1 radical (unpaired) electrons. The molecule has 1 saturated heterocycles. The first-order valence-corrected chi connectivity index (χ1v) is 5.73. The first kappa shape index (κ1) is 16.0. The topological polar surface area (TPSA) is 58.6 Å². The maximum absolute atomic E-state index is 11.7. The van der Waals surface area contributed by atoms with Crippen molar-refractivity contribution in [2.24, 2.45) is 0 Å². The Morgan fingerprint density at radius 2 is 2.42 bits per heavy atom. The maximum Gasteiger partial charge on any atom is 0.412 e. The fraction of sp³-hybridized carbons (Fsp3) is 0.308. The Kier molecular flexibility index (Phi) is 5.82. The van der Waals surface area contributed by atoms with Crippen molar-refractivity contribution in [1.29, 1.82) is 0 Å². The van der Waals surface area contributed by atoms with Crippen LogP contribution in [0.25, 0.3) is 0 Å². The van der Waals surface area contributed by atoms with Crippen LogP contribution in [0.5, 0.6) is 0 Å². The van der Waals surface area contributed by atoms with E-state index in [-0.39, 0.29) is 44.9 Å². The number of carbonyl (C=O) groups excluding carboxylic acids is 2. The number of cyclic esters (lactones) is 1. The summed E-state index contributed by atoms with van der Waals surface area (Å²) in [6.45, 7) is 5.72. The average molecular weight is 335 g/mol. The minimum absolute atomic E-state index is 0. The van der Waals surface area contributed by atoms with Gasteiger partial charge in [-0.1, -0.05) is 18.3 Å². The molecule has 0 saturated carbocycles. The number of carbonyl (C=O) groups is 2. The molecule has 1 heterocycles. The molecule has 1 aromatic carbocycles. The van der Waals surface area contributed by atoms with Crippen molar-refractivity contribution in [3.05, 3.63) is 31.2 Å². The molecule has 0 spiro atoms. The molecule has 1 aliphatic rings. The number of hydrogen-bond donors (Lipinski definition) is 1. The Morgan fingerprint density at radius 1 is 1.68 bits per heavy atom. The largest absolute Gasteiger partial charge is 0.444 e. The van der Waals surface area contributed by atoms with Gasteiger partial charge in [0.1, 0.15) is 6.10 Å². The van der Waals surface area contributed by atoms with Crippen molar-refractivity contribution >= 4 is 23.4 Å². The van der Waals surface area contributed by atoms with E-state index < -0.39 is 5.91 Å². The number of benzene rings is 1. The molecule has 2 rings (SSSR count). The molecule has 99 valence electrons. The number of hydrogen-bond acceptors (Lipinski definition) is 3. The van der Waals surface area contributed by atoms with Crippen LogP contribution in [0.3, 0.4) is 0 Å². The molecule has 0 bridgehead atoms. The molecule has 5 nitrogen and oxygen atoms in total. The van der Waals surface area contributed by atoms with Crippen LogP contribution in [-0.4, -0.2) is 24.6 Å². The molecule has 1 unspecified atom stereocenters. The molecule has 2 amide bonds. The number of ether oxygens (including phenoxy) is 1. The molecule has 6 heteroatoms. The molecule has 1 fully saturated rings. The van der Waals surface area contributed by atoms with Crippen molar-refractivity contribution in [1.82, 2.24) is 0 Å². The second kappa shape index (κ2) is 6.92. The molecule has 1 aromatic rings. The van der Waals surface area contributed by atoms with Crippen molar-refractivity contribution in [3.8, 4) is 0 Å². The van der Waals surface area contributed by atoms with Gasteiger partial charge in [-0.05, 0) is 6.42 Å². The van der Waals surface area contributed by atoms with E-state index in [4.69, 9.17) is 4.74 Å².